The molecule has 0 spiro atoms. The lowest BCUT2D eigenvalue weighted by atomic mass is 10.0. The fourth-order valence-corrected chi connectivity index (χ4v) is 3.72. The van der Waals surface area contributed by atoms with Crippen molar-refractivity contribution in [3.05, 3.63) is 6.33 Å². The standard InChI is InChI=1S/C20H37N9O3/c1-5-6-7-9-16(12-28(32)15-30)18(31)24-25-19-21-14-22-20(23-19)29-11-8-10-27(4)13-17(29)26(2)3/h14-17,32H,5-13H2,1-4H3,(H,24,31)(H,21,22,23,25)/t16?,17-/m1/s1. The van der Waals surface area contributed by atoms with E-state index in [4.69, 9.17) is 0 Å². The van der Waals surface area contributed by atoms with Crippen LogP contribution in [0.15, 0.2) is 6.33 Å². The first-order chi connectivity index (χ1) is 15.3. The maximum Gasteiger partial charge on any atom is 0.246 e. The molecule has 1 aliphatic heterocycles. The summed E-state index contributed by atoms with van der Waals surface area (Å²) >= 11 is 0. The highest BCUT2D eigenvalue weighted by Gasteiger charge is 2.27. The van der Waals surface area contributed by atoms with Crippen molar-refractivity contribution in [2.24, 2.45) is 5.92 Å². The van der Waals surface area contributed by atoms with E-state index in [-0.39, 0.29) is 24.6 Å². The van der Waals surface area contributed by atoms with Crippen molar-refractivity contribution in [1.82, 2.24) is 35.2 Å². The summed E-state index contributed by atoms with van der Waals surface area (Å²) in [6.45, 7) is 4.65. The van der Waals surface area contributed by atoms with Crippen molar-refractivity contribution in [2.75, 3.05) is 57.6 Å². The molecule has 0 aliphatic carbocycles. The Balaban J connectivity index is 2.05. The highest BCUT2D eigenvalue weighted by Crippen LogP contribution is 2.18. The van der Waals surface area contributed by atoms with Gasteiger partial charge in [-0.25, -0.2) is 10.0 Å². The van der Waals surface area contributed by atoms with Crippen molar-refractivity contribution >= 4 is 24.2 Å². The van der Waals surface area contributed by atoms with Gasteiger partial charge in [-0.15, -0.1) is 0 Å². The molecule has 0 bridgehead atoms. The van der Waals surface area contributed by atoms with E-state index >= 15 is 0 Å². The van der Waals surface area contributed by atoms with E-state index in [0.29, 0.717) is 23.8 Å². The Hall–Kier alpha value is -2.57. The molecule has 2 heterocycles. The molecule has 1 saturated heterocycles. The SMILES string of the molecule is CCCCCC(CN(O)C=O)C(=O)NNc1ncnc(N2CCCN(C)C[C@@H]2N(C)C)n1. The first kappa shape index (κ1) is 25.7. The molecule has 180 valence electrons. The minimum Gasteiger partial charge on any atom is -0.324 e. The average Bonchev–Trinajstić information content (AvgIpc) is 2.98. The number of nitrogens with one attached hydrogen (secondary N) is 2. The van der Waals surface area contributed by atoms with Gasteiger partial charge in [0.25, 0.3) is 0 Å². The Morgan fingerprint density at radius 1 is 1.34 bits per heavy atom. The van der Waals surface area contributed by atoms with E-state index in [2.05, 4.69) is 54.5 Å². The van der Waals surface area contributed by atoms with Crippen molar-refractivity contribution in [3.8, 4) is 0 Å². The molecule has 3 N–H and O–H groups in total. The van der Waals surface area contributed by atoms with Crippen molar-refractivity contribution in [2.45, 2.75) is 45.2 Å². The Labute approximate surface area is 189 Å². The smallest absolute Gasteiger partial charge is 0.246 e. The molecule has 1 aromatic heterocycles. The second kappa shape index (κ2) is 13.1. The summed E-state index contributed by atoms with van der Waals surface area (Å²) in [7, 11) is 6.16. The molecule has 2 rings (SSSR count). The molecule has 1 aliphatic rings. The number of carbonyl (C=O) groups is 2. The van der Waals surface area contributed by atoms with Crippen LogP contribution in [0.3, 0.4) is 0 Å². The van der Waals surface area contributed by atoms with E-state index in [1.807, 2.05) is 14.1 Å². The Morgan fingerprint density at radius 3 is 2.81 bits per heavy atom. The lowest BCUT2D eigenvalue weighted by Crippen LogP contribution is -2.50. The second-order valence-corrected chi connectivity index (χ2v) is 8.40. The molecule has 12 nitrogen and oxygen atoms in total. The molecule has 1 unspecified atom stereocenters. The molecule has 0 saturated carbocycles. The molecule has 0 radical (unpaired) electrons. The van der Waals surface area contributed by atoms with Gasteiger partial charge in [0.1, 0.15) is 6.33 Å². The van der Waals surface area contributed by atoms with Gasteiger partial charge >= 0.3 is 0 Å². The molecular weight excluding hydrogens is 414 g/mol. The number of hydrogen-bond acceptors (Lipinski definition) is 10. The third-order valence-corrected chi connectivity index (χ3v) is 5.54. The number of likely N-dealkylation sites (N-methyl/N-ethyl adjacent to an activating group) is 2. The molecule has 2 amide bonds. The maximum absolute atomic E-state index is 12.7. The van der Waals surface area contributed by atoms with E-state index in [1.165, 1.54) is 6.33 Å². The molecule has 2 atom stereocenters. The topological polar surface area (TPSA) is 130 Å². The fraction of sp³-hybridized carbons (Fsp3) is 0.750. The lowest BCUT2D eigenvalue weighted by molar-refractivity contribution is -0.154. The predicted molar refractivity (Wildman–Crippen MR) is 121 cm³/mol. The highest BCUT2D eigenvalue weighted by molar-refractivity contribution is 5.80. The fourth-order valence-electron chi connectivity index (χ4n) is 3.72. The van der Waals surface area contributed by atoms with Gasteiger partial charge in [-0.05, 0) is 40.5 Å². The zero-order valence-corrected chi connectivity index (χ0v) is 19.6. The Bertz CT molecular complexity index is 721. The number of carbonyl (C=O) groups excluding carboxylic acids is 2. The molecule has 12 heteroatoms. The van der Waals surface area contributed by atoms with Gasteiger partial charge in [0, 0.05) is 13.1 Å². The van der Waals surface area contributed by atoms with Crippen molar-refractivity contribution in [1.29, 1.82) is 0 Å². The van der Waals surface area contributed by atoms with Gasteiger partial charge < -0.3 is 9.80 Å². The molecule has 0 aromatic carbocycles. The van der Waals surface area contributed by atoms with Gasteiger partial charge in [0.15, 0.2) is 0 Å². The quantitative estimate of drug-likeness (QED) is 0.177. The van der Waals surface area contributed by atoms with Crippen molar-refractivity contribution < 1.29 is 14.8 Å². The Morgan fingerprint density at radius 2 is 2.12 bits per heavy atom. The zero-order valence-electron chi connectivity index (χ0n) is 19.6. The van der Waals surface area contributed by atoms with Gasteiger partial charge in [0.2, 0.25) is 24.2 Å². The predicted octanol–water partition coefficient (Wildman–Crippen LogP) is 0.388. The van der Waals surface area contributed by atoms with E-state index in [9.17, 15) is 14.8 Å². The van der Waals surface area contributed by atoms with Crippen LogP contribution < -0.4 is 15.8 Å². The van der Waals surface area contributed by atoms with E-state index in [1.54, 1.807) is 0 Å². The number of unbranched alkanes of at least 4 members (excludes halogenated alkanes) is 2. The number of nitrogens with zero attached hydrogens (tertiary/aromatic N) is 7. The van der Waals surface area contributed by atoms with Crippen LogP contribution in [0.4, 0.5) is 11.9 Å². The van der Waals surface area contributed by atoms with Crippen LogP contribution >= 0.6 is 0 Å². The number of hydrogen-bond donors (Lipinski definition) is 3. The van der Waals surface area contributed by atoms with E-state index in [0.717, 1.165) is 45.3 Å². The lowest BCUT2D eigenvalue weighted by Gasteiger charge is -2.35. The second-order valence-electron chi connectivity index (χ2n) is 8.40. The van der Waals surface area contributed by atoms with Crippen LogP contribution in [0.25, 0.3) is 0 Å². The number of hydrazine groups is 1. The summed E-state index contributed by atoms with van der Waals surface area (Å²) in [5, 5.41) is 10.0. The van der Waals surface area contributed by atoms with Crippen LogP contribution in [0.1, 0.15) is 39.0 Å². The summed E-state index contributed by atoms with van der Waals surface area (Å²) in [4.78, 5) is 42.9. The van der Waals surface area contributed by atoms with Gasteiger partial charge in [-0.1, -0.05) is 26.2 Å². The van der Waals surface area contributed by atoms with Crippen LogP contribution in [0.5, 0.6) is 0 Å². The van der Waals surface area contributed by atoms with Crippen LogP contribution in [-0.2, 0) is 9.59 Å². The molecule has 32 heavy (non-hydrogen) atoms. The maximum atomic E-state index is 12.7. The summed E-state index contributed by atoms with van der Waals surface area (Å²) in [6.07, 6.45) is 6.17. The normalized spacial score (nSPS) is 18.2. The minimum absolute atomic E-state index is 0.0744. The number of anilines is 2. The highest BCUT2D eigenvalue weighted by atomic mass is 16.5. The first-order valence-corrected chi connectivity index (χ1v) is 11.1. The number of amides is 2. The third-order valence-electron chi connectivity index (χ3n) is 5.54. The summed E-state index contributed by atoms with van der Waals surface area (Å²) < 4.78 is 0. The monoisotopic (exact) mass is 451 g/mol. The number of hydroxylamine groups is 2. The largest absolute Gasteiger partial charge is 0.324 e. The van der Waals surface area contributed by atoms with E-state index < -0.39 is 5.92 Å². The summed E-state index contributed by atoms with van der Waals surface area (Å²) in [5.74, 6) is -0.133. The number of rotatable bonds is 12. The van der Waals surface area contributed by atoms with Gasteiger partial charge in [-0.3, -0.25) is 30.5 Å². The molecule has 1 fully saturated rings. The van der Waals surface area contributed by atoms with Gasteiger partial charge in [-0.2, -0.15) is 9.97 Å². The van der Waals surface area contributed by atoms with Crippen LogP contribution in [0, 0.1) is 5.92 Å². The zero-order chi connectivity index (χ0) is 23.5. The van der Waals surface area contributed by atoms with Crippen molar-refractivity contribution in [3.63, 3.8) is 0 Å². The van der Waals surface area contributed by atoms with Crippen LogP contribution in [0.2, 0.25) is 0 Å². The third kappa shape index (κ3) is 7.84. The minimum atomic E-state index is -0.551. The molecule has 1 aromatic rings. The molecular formula is C20H37N9O3. The Kier molecular flexibility index (Phi) is 10.5. The summed E-state index contributed by atoms with van der Waals surface area (Å²) in [5.41, 5.74) is 5.36. The first-order valence-electron chi connectivity index (χ1n) is 11.1. The van der Waals surface area contributed by atoms with Crippen LogP contribution in [-0.4, -0.2) is 101 Å². The summed E-state index contributed by atoms with van der Waals surface area (Å²) in [6, 6.07) is 0. The average molecular weight is 452 g/mol. The van der Waals surface area contributed by atoms with Gasteiger partial charge in [0.05, 0.1) is 18.6 Å². The number of aromatic nitrogens is 3.